The minimum atomic E-state index is 0. The molecule has 0 rings (SSSR count). The zero-order chi connectivity index (χ0) is 2.00. The van der Waals surface area contributed by atoms with E-state index in [1.54, 1.807) is 0 Å². The van der Waals surface area contributed by atoms with Crippen molar-refractivity contribution in [2.45, 2.75) is 0 Å². The van der Waals surface area contributed by atoms with E-state index in [0.29, 0.717) is 16.2 Å². The Morgan fingerprint density at radius 1 is 1.20 bits per heavy atom. The summed E-state index contributed by atoms with van der Waals surface area (Å²) in [5.41, 5.74) is 0. The predicted molar refractivity (Wildman–Crippen MR) is 23.0 cm³/mol. The van der Waals surface area contributed by atoms with E-state index in [1.807, 2.05) is 0 Å². The molecule has 0 saturated carbocycles. The molecule has 0 saturated heterocycles. The van der Waals surface area contributed by atoms with Gasteiger partial charge in [0, 0.05) is 0 Å². The van der Waals surface area contributed by atoms with Crippen LogP contribution >= 0.6 is 0 Å². The molecule has 0 unspecified atom stereocenters. The van der Waals surface area contributed by atoms with Gasteiger partial charge >= 0.3 is 43.1 Å². The van der Waals surface area contributed by atoms with Crippen LogP contribution in [0.4, 0.5) is 0 Å². The van der Waals surface area contributed by atoms with Crippen LogP contribution in [0.15, 0.2) is 0 Å². The Kier molecular flexibility index (Phi) is 581. The number of hydrogen-bond acceptors (Lipinski definition) is 1. The molecule has 5 heteroatoms. The standard InChI is InChI=1S/Al.Mg.2H2O.O.3H/h;;2*1H2;;;;/q;+2;;;;;2*-1. The Morgan fingerprint density at radius 3 is 1.20 bits per heavy atom. The van der Waals surface area contributed by atoms with Crippen molar-refractivity contribution in [2.75, 3.05) is 0 Å². The molecule has 0 atom stereocenters. The summed E-state index contributed by atoms with van der Waals surface area (Å²) in [5, 5.41) is 0. The Bertz CT molecular complexity index is 12.9. The summed E-state index contributed by atoms with van der Waals surface area (Å²) in [5.74, 6) is 0. The SMILES string of the molecule is O.O.[H-].[H-].[Mg+2].[O]=[AlH]. The van der Waals surface area contributed by atoms with Crippen LogP contribution in [0.2, 0.25) is 0 Å². The van der Waals surface area contributed by atoms with Gasteiger partial charge in [-0.25, -0.2) is 0 Å². The molecular formula is H7AlMgO3. The molecule has 0 radical (unpaired) electrons. The van der Waals surface area contributed by atoms with Crippen molar-refractivity contribution in [1.82, 2.24) is 0 Å². The summed E-state index contributed by atoms with van der Waals surface area (Å²) >= 11 is 0.611. The number of rotatable bonds is 0. The summed E-state index contributed by atoms with van der Waals surface area (Å²) in [6.07, 6.45) is 0. The molecule has 3 nitrogen and oxygen atoms in total. The monoisotopic (exact) mass is 106 g/mol. The second kappa shape index (κ2) is 78.1. The maximum atomic E-state index is 8.28. The van der Waals surface area contributed by atoms with Gasteiger partial charge in [-0.15, -0.1) is 0 Å². The topological polar surface area (TPSA) is 80.1 Å². The first kappa shape index (κ1) is 37.2. The zero-order valence-corrected chi connectivity index (χ0v) is 5.65. The van der Waals surface area contributed by atoms with Crippen molar-refractivity contribution in [1.29, 1.82) is 0 Å². The second-order valence-corrected chi connectivity index (χ2v) is 0. The van der Waals surface area contributed by atoms with Gasteiger partial charge < -0.3 is 13.8 Å². The Labute approximate surface area is 57.1 Å². The molecule has 0 aliphatic rings. The van der Waals surface area contributed by atoms with Gasteiger partial charge in [0.05, 0.1) is 0 Å². The minimum absolute atomic E-state index is 0. The first-order valence-electron chi connectivity index (χ1n) is 0.289. The van der Waals surface area contributed by atoms with E-state index < -0.39 is 0 Å². The van der Waals surface area contributed by atoms with E-state index in [2.05, 4.69) is 0 Å². The molecular weight excluding hydrogens is 99.3 g/mol. The summed E-state index contributed by atoms with van der Waals surface area (Å²) < 4.78 is 8.28. The van der Waals surface area contributed by atoms with Crippen LogP contribution in [0.25, 0.3) is 0 Å². The van der Waals surface area contributed by atoms with Gasteiger partial charge in [0.15, 0.2) is 0 Å². The normalized spacial score (nSPS) is 0.600. The number of hydrogen-bond donors (Lipinski definition) is 0. The van der Waals surface area contributed by atoms with Gasteiger partial charge in [-0.05, 0) is 0 Å². The van der Waals surface area contributed by atoms with Crippen LogP contribution in [0, 0.1) is 0 Å². The molecule has 5 heavy (non-hydrogen) atoms. The molecule has 4 N–H and O–H groups in total. The van der Waals surface area contributed by atoms with Gasteiger partial charge in [-0.2, -0.15) is 0 Å². The van der Waals surface area contributed by atoms with Crippen molar-refractivity contribution in [3.8, 4) is 0 Å². The Morgan fingerprint density at radius 2 is 1.20 bits per heavy atom. The first-order valence-corrected chi connectivity index (χ1v) is 0.866. The van der Waals surface area contributed by atoms with E-state index in [4.69, 9.17) is 3.80 Å². The third kappa shape index (κ3) is 44.1. The van der Waals surface area contributed by atoms with E-state index in [1.165, 1.54) is 0 Å². The summed E-state index contributed by atoms with van der Waals surface area (Å²) in [6.45, 7) is 0. The van der Waals surface area contributed by atoms with Gasteiger partial charge in [0.1, 0.15) is 0 Å². The molecule has 0 aliphatic carbocycles. The van der Waals surface area contributed by atoms with Gasteiger partial charge in [0.2, 0.25) is 0 Å². The third-order valence-electron chi connectivity index (χ3n) is 0. The van der Waals surface area contributed by atoms with Gasteiger partial charge in [0.25, 0.3) is 0 Å². The first-order chi connectivity index (χ1) is 1.00. The van der Waals surface area contributed by atoms with Crippen molar-refractivity contribution in [3.63, 3.8) is 0 Å². The average molecular weight is 106 g/mol. The van der Waals surface area contributed by atoms with Crippen LogP contribution in [0.3, 0.4) is 0 Å². The molecule has 0 aromatic heterocycles. The van der Waals surface area contributed by atoms with E-state index >= 15 is 0 Å². The zero-order valence-electron chi connectivity index (χ0n) is 4.82. The van der Waals surface area contributed by atoms with Crippen LogP contribution in [0.5, 0.6) is 0 Å². The van der Waals surface area contributed by atoms with Crippen LogP contribution in [-0.4, -0.2) is 50.2 Å². The van der Waals surface area contributed by atoms with Crippen LogP contribution < -0.4 is 0 Å². The quantitative estimate of drug-likeness (QED) is 0.313. The van der Waals surface area contributed by atoms with E-state index in [0.717, 1.165) is 0 Å². The average Bonchev–Trinajstić information content (AvgIpc) is 1.00. The maximum absolute atomic E-state index is 8.28. The van der Waals surface area contributed by atoms with Gasteiger partial charge in [-0.1, -0.05) is 0 Å². The van der Waals surface area contributed by atoms with Crippen molar-refractivity contribution in [3.05, 3.63) is 0 Å². The van der Waals surface area contributed by atoms with Crippen molar-refractivity contribution < 1.29 is 17.6 Å². The fourth-order valence-electron chi connectivity index (χ4n) is 0. The second-order valence-electron chi connectivity index (χ2n) is 0. The fraction of sp³-hybridized carbons (Fsp3) is 0. The summed E-state index contributed by atoms with van der Waals surface area (Å²) in [4.78, 5) is 0. The summed E-state index contributed by atoms with van der Waals surface area (Å²) in [6, 6.07) is 0. The molecule has 0 heterocycles. The summed E-state index contributed by atoms with van der Waals surface area (Å²) in [7, 11) is 0. The predicted octanol–water partition coefficient (Wildman–Crippen LogP) is -2.57. The van der Waals surface area contributed by atoms with Crippen molar-refractivity contribution in [2.24, 2.45) is 0 Å². The molecule has 0 bridgehead atoms. The molecule has 0 spiro atoms. The molecule has 0 aromatic rings. The molecule has 0 aliphatic heterocycles. The molecule has 30 valence electrons. The molecule has 0 amide bonds. The van der Waals surface area contributed by atoms with E-state index in [9.17, 15) is 0 Å². The van der Waals surface area contributed by atoms with Crippen LogP contribution in [0.1, 0.15) is 2.85 Å². The molecule has 0 aromatic carbocycles. The van der Waals surface area contributed by atoms with Crippen molar-refractivity contribution >= 4 is 39.3 Å². The van der Waals surface area contributed by atoms with Crippen LogP contribution in [-0.2, 0) is 3.80 Å². The van der Waals surface area contributed by atoms with E-state index in [-0.39, 0.29) is 36.9 Å². The Balaban J connectivity index is -0.000000000500. The molecule has 0 fully saturated rings. The van der Waals surface area contributed by atoms with Gasteiger partial charge in [-0.3, -0.25) is 0 Å². The fourth-order valence-corrected chi connectivity index (χ4v) is 0. The third-order valence-corrected chi connectivity index (χ3v) is 0. The Hall–Kier alpha value is 1.02.